The number of nitrogens with zero attached hydrogens (tertiary/aromatic N) is 2. The maximum atomic E-state index is 12.6. The zero-order chi connectivity index (χ0) is 19.0. The highest BCUT2D eigenvalue weighted by Crippen LogP contribution is 2.17. The summed E-state index contributed by atoms with van der Waals surface area (Å²) in [6, 6.07) is 9.82. The van der Waals surface area contributed by atoms with Gasteiger partial charge in [-0.15, -0.1) is 0 Å². The molecular formula is C19H24N2O4S. The molecule has 140 valence electrons. The van der Waals surface area contributed by atoms with Crippen LogP contribution in [0.4, 0.5) is 0 Å². The van der Waals surface area contributed by atoms with Crippen molar-refractivity contribution in [3.8, 4) is 0 Å². The van der Waals surface area contributed by atoms with Gasteiger partial charge in [-0.3, -0.25) is 4.98 Å². The van der Waals surface area contributed by atoms with E-state index in [-0.39, 0.29) is 17.1 Å². The number of aryl methyl sites for hydroxylation is 1. The van der Waals surface area contributed by atoms with Gasteiger partial charge in [0.1, 0.15) is 0 Å². The molecular weight excluding hydrogens is 352 g/mol. The fraction of sp³-hybridized carbons (Fsp3) is 0.368. The number of carbonyl (C=O) groups excluding carboxylic acids is 1. The summed E-state index contributed by atoms with van der Waals surface area (Å²) in [7, 11) is -3.60. The quantitative estimate of drug-likeness (QED) is 0.497. The van der Waals surface area contributed by atoms with Crippen molar-refractivity contribution in [2.75, 3.05) is 19.7 Å². The fourth-order valence-electron chi connectivity index (χ4n) is 2.57. The highest BCUT2D eigenvalue weighted by Gasteiger charge is 2.22. The van der Waals surface area contributed by atoms with E-state index in [4.69, 9.17) is 4.74 Å². The van der Waals surface area contributed by atoms with E-state index in [0.717, 1.165) is 12.0 Å². The summed E-state index contributed by atoms with van der Waals surface area (Å²) in [4.78, 5) is 16.3. The topological polar surface area (TPSA) is 76.6 Å². The predicted octanol–water partition coefficient (Wildman–Crippen LogP) is 2.90. The molecule has 7 heteroatoms. The number of sulfonamides is 1. The second kappa shape index (κ2) is 9.45. The van der Waals surface area contributed by atoms with Gasteiger partial charge in [0.25, 0.3) is 0 Å². The van der Waals surface area contributed by atoms with Crippen molar-refractivity contribution in [2.45, 2.75) is 31.6 Å². The largest absolute Gasteiger partial charge is 0.462 e. The van der Waals surface area contributed by atoms with Gasteiger partial charge >= 0.3 is 5.97 Å². The second-order valence-corrected chi connectivity index (χ2v) is 7.66. The van der Waals surface area contributed by atoms with Crippen LogP contribution in [0.25, 0.3) is 0 Å². The lowest BCUT2D eigenvalue weighted by molar-refractivity contribution is 0.0500. The minimum atomic E-state index is -3.60. The third-order valence-corrected chi connectivity index (χ3v) is 6.02. The number of ether oxygens (including phenoxy) is 1. The summed E-state index contributed by atoms with van der Waals surface area (Å²) >= 11 is 0. The third-order valence-electron chi connectivity index (χ3n) is 3.98. The molecule has 0 bridgehead atoms. The first-order valence-electron chi connectivity index (χ1n) is 8.65. The van der Waals surface area contributed by atoms with Crippen molar-refractivity contribution < 1.29 is 17.9 Å². The Kier molecular flexibility index (Phi) is 7.29. The number of benzene rings is 1. The first-order chi connectivity index (χ1) is 12.5. The van der Waals surface area contributed by atoms with E-state index in [0.29, 0.717) is 19.5 Å². The summed E-state index contributed by atoms with van der Waals surface area (Å²) in [6.45, 7) is 4.58. The average Bonchev–Trinajstić information content (AvgIpc) is 2.67. The monoisotopic (exact) mass is 376 g/mol. The summed E-state index contributed by atoms with van der Waals surface area (Å²) in [6.07, 6.45) is 4.93. The Morgan fingerprint density at radius 3 is 2.58 bits per heavy atom. The summed E-state index contributed by atoms with van der Waals surface area (Å²) in [5.74, 6) is -0.521. The van der Waals surface area contributed by atoms with E-state index in [1.54, 1.807) is 38.4 Å². The third kappa shape index (κ3) is 5.12. The molecule has 0 fully saturated rings. The van der Waals surface area contributed by atoms with Crippen molar-refractivity contribution >= 4 is 16.0 Å². The molecule has 0 saturated heterocycles. The highest BCUT2D eigenvalue weighted by atomic mass is 32.2. The van der Waals surface area contributed by atoms with Crippen LogP contribution in [0.15, 0.2) is 53.7 Å². The van der Waals surface area contributed by atoms with Crippen LogP contribution in [-0.4, -0.2) is 43.4 Å². The van der Waals surface area contributed by atoms with Crippen LogP contribution < -0.4 is 0 Å². The Labute approximate surface area is 154 Å². The lowest BCUT2D eigenvalue weighted by atomic mass is 10.2. The van der Waals surface area contributed by atoms with Crippen LogP contribution in [0.1, 0.15) is 36.2 Å². The summed E-state index contributed by atoms with van der Waals surface area (Å²) in [5.41, 5.74) is 1.32. The van der Waals surface area contributed by atoms with Gasteiger partial charge < -0.3 is 4.74 Å². The van der Waals surface area contributed by atoms with Gasteiger partial charge in [-0.25, -0.2) is 13.2 Å². The Morgan fingerprint density at radius 1 is 1.15 bits per heavy atom. The highest BCUT2D eigenvalue weighted by molar-refractivity contribution is 7.89. The van der Waals surface area contributed by atoms with Crippen molar-refractivity contribution in [1.29, 1.82) is 0 Å². The first-order valence-corrected chi connectivity index (χ1v) is 10.1. The number of carbonyl (C=O) groups is 1. The minimum absolute atomic E-state index is 0.103. The molecule has 6 nitrogen and oxygen atoms in total. The van der Waals surface area contributed by atoms with Crippen molar-refractivity contribution in [3.05, 3.63) is 59.9 Å². The molecule has 26 heavy (non-hydrogen) atoms. The normalized spacial score (nSPS) is 11.5. The van der Waals surface area contributed by atoms with E-state index < -0.39 is 16.0 Å². The molecule has 0 spiro atoms. The van der Waals surface area contributed by atoms with Crippen molar-refractivity contribution in [1.82, 2.24) is 9.29 Å². The van der Waals surface area contributed by atoms with E-state index in [1.807, 2.05) is 12.1 Å². The molecule has 0 unspecified atom stereocenters. The van der Waals surface area contributed by atoms with Gasteiger partial charge in [-0.2, -0.15) is 4.31 Å². The molecule has 0 saturated carbocycles. The zero-order valence-corrected chi connectivity index (χ0v) is 15.9. The van der Waals surface area contributed by atoms with E-state index >= 15 is 0 Å². The van der Waals surface area contributed by atoms with Crippen LogP contribution in [0.5, 0.6) is 0 Å². The Morgan fingerprint density at radius 2 is 1.92 bits per heavy atom. The number of aromatic nitrogens is 1. The average molecular weight is 376 g/mol. The van der Waals surface area contributed by atoms with E-state index in [1.165, 1.54) is 16.4 Å². The molecule has 0 aliphatic rings. The molecule has 2 aromatic rings. The van der Waals surface area contributed by atoms with Gasteiger partial charge in [0.05, 0.1) is 17.1 Å². The van der Waals surface area contributed by atoms with Crippen LogP contribution in [0.3, 0.4) is 0 Å². The second-order valence-electron chi connectivity index (χ2n) is 5.72. The molecule has 0 aliphatic carbocycles. The summed E-state index contributed by atoms with van der Waals surface area (Å²) in [5, 5.41) is 0. The van der Waals surface area contributed by atoms with Crippen LogP contribution in [-0.2, 0) is 21.2 Å². The van der Waals surface area contributed by atoms with Crippen LogP contribution >= 0.6 is 0 Å². The molecule has 0 amide bonds. The fourth-order valence-corrected chi connectivity index (χ4v) is 4.07. The maximum absolute atomic E-state index is 12.6. The molecule has 1 aromatic heterocycles. The van der Waals surface area contributed by atoms with Crippen LogP contribution in [0, 0.1) is 0 Å². The maximum Gasteiger partial charge on any atom is 0.338 e. The molecule has 0 aliphatic heterocycles. The Bertz CT molecular complexity index is 818. The van der Waals surface area contributed by atoms with Crippen molar-refractivity contribution in [3.63, 3.8) is 0 Å². The Balaban J connectivity index is 1.97. The van der Waals surface area contributed by atoms with Gasteiger partial charge in [-0.05, 0) is 42.7 Å². The lowest BCUT2D eigenvalue weighted by Gasteiger charge is -2.18. The molecule has 0 N–H and O–H groups in total. The number of rotatable bonds is 9. The SMILES string of the molecule is CCN(CC)S(=O)(=O)c1cccc(C(=O)OCCCc2cccnc2)c1. The van der Waals surface area contributed by atoms with Gasteiger partial charge in [-0.1, -0.05) is 26.0 Å². The number of esters is 1. The van der Waals surface area contributed by atoms with Gasteiger partial charge in [0, 0.05) is 25.5 Å². The standard InChI is InChI=1S/C19H24N2O4S/c1-3-21(4-2)26(23,24)18-11-5-10-17(14-18)19(22)25-13-7-9-16-8-6-12-20-15-16/h5-6,8,10-12,14-15H,3-4,7,9,13H2,1-2H3. The van der Waals surface area contributed by atoms with Crippen molar-refractivity contribution in [2.24, 2.45) is 0 Å². The Hall–Kier alpha value is -2.25. The van der Waals surface area contributed by atoms with Gasteiger partial charge in [0.15, 0.2) is 0 Å². The smallest absolute Gasteiger partial charge is 0.338 e. The van der Waals surface area contributed by atoms with E-state index in [9.17, 15) is 13.2 Å². The predicted molar refractivity (Wildman–Crippen MR) is 99.4 cm³/mol. The van der Waals surface area contributed by atoms with Crippen LogP contribution in [0.2, 0.25) is 0 Å². The van der Waals surface area contributed by atoms with E-state index in [2.05, 4.69) is 4.98 Å². The molecule has 2 rings (SSSR count). The zero-order valence-electron chi connectivity index (χ0n) is 15.1. The number of hydrogen-bond donors (Lipinski definition) is 0. The first kappa shape index (κ1) is 20.1. The molecule has 0 atom stereocenters. The molecule has 1 heterocycles. The van der Waals surface area contributed by atoms with Gasteiger partial charge in [0.2, 0.25) is 10.0 Å². The number of pyridine rings is 1. The molecule has 1 aromatic carbocycles. The lowest BCUT2D eigenvalue weighted by Crippen LogP contribution is -2.30. The minimum Gasteiger partial charge on any atom is -0.462 e. The number of hydrogen-bond acceptors (Lipinski definition) is 5. The molecule has 0 radical (unpaired) electrons. The summed E-state index contributed by atoms with van der Waals surface area (Å²) < 4.78 is 31.7.